The molecule has 0 bridgehead atoms. The summed E-state index contributed by atoms with van der Waals surface area (Å²) in [4.78, 5) is 4.26. The number of imidazole rings is 1. The Labute approximate surface area is 76.8 Å². The molecule has 0 fully saturated rings. The molecule has 0 atom stereocenters. The van der Waals surface area contributed by atoms with Gasteiger partial charge in [0.05, 0.1) is 6.54 Å². The second-order valence-electron chi connectivity index (χ2n) is 2.83. The maximum Gasteiger partial charge on any atom is 0.130 e. The van der Waals surface area contributed by atoms with Gasteiger partial charge in [0.1, 0.15) is 5.82 Å². The third kappa shape index (κ3) is 1.61. The molecule has 2 heterocycles. The van der Waals surface area contributed by atoms with E-state index in [9.17, 15) is 0 Å². The van der Waals surface area contributed by atoms with Gasteiger partial charge in [0.15, 0.2) is 0 Å². The molecular weight excluding hydrogens is 164 g/mol. The number of rotatable bonds is 3. The molecule has 0 spiro atoms. The second kappa shape index (κ2) is 3.43. The molecule has 2 aromatic heterocycles. The van der Waals surface area contributed by atoms with Gasteiger partial charge in [0.25, 0.3) is 0 Å². The average molecular weight is 176 g/mol. The molecule has 0 aliphatic carbocycles. The van der Waals surface area contributed by atoms with Gasteiger partial charge in [-0.25, -0.2) is 4.98 Å². The second-order valence-corrected chi connectivity index (χ2v) is 2.83. The van der Waals surface area contributed by atoms with Gasteiger partial charge >= 0.3 is 0 Å². The Morgan fingerprint density at radius 3 is 2.92 bits per heavy atom. The standard InChI is InChI=1S/C9H12N4/c1-2-12-7-5-10-9(12)8-13-6-3-4-11-13/h3-7H,2,8H2,1H3. The highest BCUT2D eigenvalue weighted by Crippen LogP contribution is 1.99. The largest absolute Gasteiger partial charge is 0.334 e. The molecule has 0 saturated carbocycles. The molecule has 0 aromatic carbocycles. The molecule has 0 N–H and O–H groups in total. The van der Waals surface area contributed by atoms with Crippen LogP contribution in [0.3, 0.4) is 0 Å². The van der Waals surface area contributed by atoms with E-state index in [2.05, 4.69) is 21.6 Å². The minimum atomic E-state index is 0.744. The van der Waals surface area contributed by atoms with E-state index in [4.69, 9.17) is 0 Å². The van der Waals surface area contributed by atoms with Crippen LogP contribution in [-0.4, -0.2) is 19.3 Å². The Hall–Kier alpha value is -1.58. The summed E-state index contributed by atoms with van der Waals surface area (Å²) >= 11 is 0. The van der Waals surface area contributed by atoms with Crippen molar-refractivity contribution in [2.45, 2.75) is 20.0 Å². The van der Waals surface area contributed by atoms with Gasteiger partial charge in [0.2, 0.25) is 0 Å². The topological polar surface area (TPSA) is 35.6 Å². The van der Waals surface area contributed by atoms with Crippen LogP contribution in [0.25, 0.3) is 0 Å². The maximum atomic E-state index is 4.26. The number of hydrogen-bond acceptors (Lipinski definition) is 2. The Bertz CT molecular complexity index is 361. The van der Waals surface area contributed by atoms with Crippen LogP contribution in [0.15, 0.2) is 30.9 Å². The minimum Gasteiger partial charge on any atom is -0.334 e. The van der Waals surface area contributed by atoms with E-state index in [0.29, 0.717) is 0 Å². The molecule has 0 unspecified atom stereocenters. The van der Waals surface area contributed by atoms with Crippen molar-refractivity contribution in [2.75, 3.05) is 0 Å². The first-order valence-corrected chi connectivity index (χ1v) is 4.37. The van der Waals surface area contributed by atoms with Crippen LogP contribution in [0, 0.1) is 0 Å². The van der Waals surface area contributed by atoms with Crippen molar-refractivity contribution >= 4 is 0 Å². The normalized spacial score (nSPS) is 10.5. The van der Waals surface area contributed by atoms with Crippen molar-refractivity contribution in [2.24, 2.45) is 0 Å². The van der Waals surface area contributed by atoms with Gasteiger partial charge in [-0.2, -0.15) is 5.10 Å². The lowest BCUT2D eigenvalue weighted by molar-refractivity contribution is 0.607. The van der Waals surface area contributed by atoms with Crippen molar-refractivity contribution < 1.29 is 0 Å². The highest BCUT2D eigenvalue weighted by Gasteiger charge is 2.00. The number of hydrogen-bond donors (Lipinski definition) is 0. The lowest BCUT2D eigenvalue weighted by Crippen LogP contribution is -2.07. The molecule has 4 nitrogen and oxygen atoms in total. The molecule has 68 valence electrons. The highest BCUT2D eigenvalue weighted by atomic mass is 15.3. The maximum absolute atomic E-state index is 4.26. The van der Waals surface area contributed by atoms with Crippen LogP contribution in [0.2, 0.25) is 0 Å². The lowest BCUT2D eigenvalue weighted by atomic mass is 10.5. The smallest absolute Gasteiger partial charge is 0.130 e. The molecule has 4 heteroatoms. The lowest BCUT2D eigenvalue weighted by Gasteiger charge is -2.03. The van der Waals surface area contributed by atoms with E-state index < -0.39 is 0 Å². The fourth-order valence-electron chi connectivity index (χ4n) is 1.32. The van der Waals surface area contributed by atoms with Crippen molar-refractivity contribution in [3.05, 3.63) is 36.7 Å². The first-order chi connectivity index (χ1) is 6.40. The molecule has 2 rings (SSSR count). The number of aromatic nitrogens is 4. The third-order valence-electron chi connectivity index (χ3n) is 2.01. The van der Waals surface area contributed by atoms with Gasteiger partial charge in [0, 0.05) is 31.3 Å². The Kier molecular flexibility index (Phi) is 2.12. The van der Waals surface area contributed by atoms with E-state index in [-0.39, 0.29) is 0 Å². The number of nitrogens with zero attached hydrogens (tertiary/aromatic N) is 4. The molecular formula is C9H12N4. The highest BCUT2D eigenvalue weighted by molar-refractivity contribution is 4.93. The first-order valence-electron chi connectivity index (χ1n) is 4.37. The Morgan fingerprint density at radius 2 is 2.23 bits per heavy atom. The molecule has 0 amide bonds. The summed E-state index contributed by atoms with van der Waals surface area (Å²) in [7, 11) is 0. The van der Waals surface area contributed by atoms with Gasteiger partial charge < -0.3 is 4.57 Å². The Balaban J connectivity index is 2.18. The summed E-state index contributed by atoms with van der Waals surface area (Å²) < 4.78 is 3.98. The van der Waals surface area contributed by atoms with Crippen molar-refractivity contribution in [3.8, 4) is 0 Å². The summed E-state index contributed by atoms with van der Waals surface area (Å²) in [5.41, 5.74) is 0. The quantitative estimate of drug-likeness (QED) is 0.703. The summed E-state index contributed by atoms with van der Waals surface area (Å²) in [6.07, 6.45) is 7.52. The van der Waals surface area contributed by atoms with Crippen LogP contribution in [0.1, 0.15) is 12.7 Å². The van der Waals surface area contributed by atoms with Gasteiger partial charge in [-0.05, 0) is 13.0 Å². The zero-order valence-electron chi connectivity index (χ0n) is 7.59. The predicted molar refractivity (Wildman–Crippen MR) is 49.2 cm³/mol. The summed E-state index contributed by atoms with van der Waals surface area (Å²) in [6, 6.07) is 1.92. The van der Waals surface area contributed by atoms with Crippen LogP contribution in [0.4, 0.5) is 0 Å². The van der Waals surface area contributed by atoms with E-state index in [1.807, 2.05) is 29.3 Å². The molecule has 2 aromatic rings. The summed E-state index contributed by atoms with van der Waals surface area (Å²) in [5, 5.41) is 4.13. The van der Waals surface area contributed by atoms with Gasteiger partial charge in [-0.3, -0.25) is 4.68 Å². The average Bonchev–Trinajstić information content (AvgIpc) is 2.76. The molecule has 0 aliphatic rings. The van der Waals surface area contributed by atoms with Crippen molar-refractivity contribution in [3.63, 3.8) is 0 Å². The van der Waals surface area contributed by atoms with Crippen LogP contribution in [-0.2, 0) is 13.1 Å². The van der Waals surface area contributed by atoms with Gasteiger partial charge in [-0.1, -0.05) is 0 Å². The third-order valence-corrected chi connectivity index (χ3v) is 2.01. The van der Waals surface area contributed by atoms with E-state index in [1.54, 1.807) is 6.20 Å². The zero-order valence-corrected chi connectivity index (χ0v) is 7.59. The summed E-state index contributed by atoms with van der Waals surface area (Å²) in [5.74, 6) is 1.05. The summed E-state index contributed by atoms with van der Waals surface area (Å²) in [6.45, 7) is 3.80. The van der Waals surface area contributed by atoms with Crippen LogP contribution >= 0.6 is 0 Å². The van der Waals surface area contributed by atoms with Crippen molar-refractivity contribution in [1.29, 1.82) is 0 Å². The van der Waals surface area contributed by atoms with E-state index in [1.165, 1.54) is 0 Å². The van der Waals surface area contributed by atoms with Crippen LogP contribution < -0.4 is 0 Å². The fourth-order valence-corrected chi connectivity index (χ4v) is 1.32. The van der Waals surface area contributed by atoms with Crippen LogP contribution in [0.5, 0.6) is 0 Å². The van der Waals surface area contributed by atoms with E-state index >= 15 is 0 Å². The molecule has 13 heavy (non-hydrogen) atoms. The fraction of sp³-hybridized carbons (Fsp3) is 0.333. The molecule has 0 aliphatic heterocycles. The SMILES string of the molecule is CCn1ccnc1Cn1cccn1. The van der Waals surface area contributed by atoms with Gasteiger partial charge in [-0.15, -0.1) is 0 Å². The number of aryl methyl sites for hydroxylation is 1. The predicted octanol–water partition coefficient (Wildman–Crippen LogP) is 1.15. The Morgan fingerprint density at radius 1 is 1.31 bits per heavy atom. The zero-order chi connectivity index (χ0) is 9.10. The van der Waals surface area contributed by atoms with E-state index in [0.717, 1.165) is 18.9 Å². The first kappa shape index (κ1) is 8.04. The molecule has 0 radical (unpaired) electrons. The monoisotopic (exact) mass is 176 g/mol. The van der Waals surface area contributed by atoms with Crippen molar-refractivity contribution in [1.82, 2.24) is 19.3 Å². The molecule has 0 saturated heterocycles. The minimum absolute atomic E-state index is 0.744.